The standard InChI is InChI=1S/C15H21BrN2O/c1-18-7-2-3-12(18)10-17-14-6-8-19-15-5-4-11(16)9-13(14)15/h4-5,9,12,14,17H,2-3,6-8,10H2,1H3. The Morgan fingerprint density at radius 3 is 3.11 bits per heavy atom. The van der Waals surface area contributed by atoms with Gasteiger partial charge in [-0.05, 0) is 44.6 Å². The maximum absolute atomic E-state index is 5.73. The second-order valence-corrected chi connectivity index (χ2v) is 6.47. The number of hydrogen-bond acceptors (Lipinski definition) is 3. The van der Waals surface area contributed by atoms with E-state index in [1.807, 2.05) is 6.07 Å². The fraction of sp³-hybridized carbons (Fsp3) is 0.600. The molecule has 3 rings (SSSR count). The van der Waals surface area contributed by atoms with E-state index < -0.39 is 0 Å². The molecule has 3 nitrogen and oxygen atoms in total. The number of rotatable bonds is 3. The van der Waals surface area contributed by atoms with Crippen molar-refractivity contribution in [1.82, 2.24) is 10.2 Å². The first-order valence-corrected chi connectivity index (χ1v) is 7.89. The molecule has 0 saturated carbocycles. The molecule has 0 radical (unpaired) electrons. The van der Waals surface area contributed by atoms with Crippen LogP contribution in [-0.2, 0) is 0 Å². The van der Waals surface area contributed by atoms with Crippen molar-refractivity contribution in [2.24, 2.45) is 0 Å². The van der Waals surface area contributed by atoms with Crippen LogP contribution in [0.25, 0.3) is 0 Å². The Labute approximate surface area is 123 Å². The van der Waals surface area contributed by atoms with Gasteiger partial charge in [0.2, 0.25) is 0 Å². The molecule has 2 heterocycles. The van der Waals surface area contributed by atoms with Crippen LogP contribution in [0.15, 0.2) is 22.7 Å². The molecule has 2 aliphatic heterocycles. The number of nitrogens with zero attached hydrogens (tertiary/aromatic N) is 1. The highest BCUT2D eigenvalue weighted by molar-refractivity contribution is 9.10. The second-order valence-electron chi connectivity index (χ2n) is 5.56. The lowest BCUT2D eigenvalue weighted by molar-refractivity contribution is 0.237. The van der Waals surface area contributed by atoms with E-state index in [0.29, 0.717) is 12.1 Å². The highest BCUT2D eigenvalue weighted by atomic mass is 79.9. The smallest absolute Gasteiger partial charge is 0.124 e. The zero-order valence-electron chi connectivity index (χ0n) is 11.4. The topological polar surface area (TPSA) is 24.5 Å². The van der Waals surface area contributed by atoms with Crippen LogP contribution < -0.4 is 10.1 Å². The molecule has 1 aromatic rings. The molecule has 2 unspecified atom stereocenters. The van der Waals surface area contributed by atoms with Gasteiger partial charge >= 0.3 is 0 Å². The van der Waals surface area contributed by atoms with Crippen LogP contribution in [0, 0.1) is 0 Å². The first-order chi connectivity index (χ1) is 9.24. The first kappa shape index (κ1) is 13.4. The molecule has 0 bridgehead atoms. The van der Waals surface area contributed by atoms with Crippen molar-refractivity contribution in [3.05, 3.63) is 28.2 Å². The third kappa shape index (κ3) is 2.96. The van der Waals surface area contributed by atoms with Crippen LogP contribution in [0.5, 0.6) is 5.75 Å². The number of hydrogen-bond donors (Lipinski definition) is 1. The highest BCUT2D eigenvalue weighted by Crippen LogP contribution is 2.34. The molecule has 19 heavy (non-hydrogen) atoms. The summed E-state index contributed by atoms with van der Waals surface area (Å²) in [4.78, 5) is 2.47. The molecule has 1 fully saturated rings. The summed E-state index contributed by atoms with van der Waals surface area (Å²) < 4.78 is 6.86. The third-order valence-electron chi connectivity index (χ3n) is 4.28. The predicted octanol–water partition coefficient (Wildman–Crippen LogP) is 2.96. The van der Waals surface area contributed by atoms with Crippen LogP contribution in [0.2, 0.25) is 0 Å². The highest BCUT2D eigenvalue weighted by Gasteiger charge is 2.25. The van der Waals surface area contributed by atoms with Gasteiger partial charge in [-0.3, -0.25) is 0 Å². The molecule has 4 heteroatoms. The van der Waals surface area contributed by atoms with E-state index in [9.17, 15) is 0 Å². The van der Waals surface area contributed by atoms with Crippen molar-refractivity contribution >= 4 is 15.9 Å². The van der Waals surface area contributed by atoms with Crippen LogP contribution >= 0.6 is 15.9 Å². The predicted molar refractivity (Wildman–Crippen MR) is 80.6 cm³/mol. The Kier molecular flexibility index (Phi) is 4.10. The maximum atomic E-state index is 5.73. The van der Waals surface area contributed by atoms with E-state index in [1.165, 1.54) is 24.9 Å². The average Bonchev–Trinajstić information content (AvgIpc) is 2.82. The maximum Gasteiger partial charge on any atom is 0.124 e. The largest absolute Gasteiger partial charge is 0.493 e. The van der Waals surface area contributed by atoms with Gasteiger partial charge in [0, 0.05) is 35.1 Å². The molecule has 0 aliphatic carbocycles. The number of nitrogens with one attached hydrogen (secondary N) is 1. The Hall–Kier alpha value is -0.580. The molecular formula is C15H21BrN2O. The number of ether oxygens (including phenoxy) is 1. The van der Waals surface area contributed by atoms with Gasteiger partial charge in [0.05, 0.1) is 6.61 Å². The van der Waals surface area contributed by atoms with Crippen molar-refractivity contribution in [2.75, 3.05) is 26.7 Å². The van der Waals surface area contributed by atoms with Gasteiger partial charge in [0.1, 0.15) is 5.75 Å². The van der Waals surface area contributed by atoms with Gasteiger partial charge in [-0.2, -0.15) is 0 Å². The zero-order valence-corrected chi connectivity index (χ0v) is 12.9. The summed E-state index contributed by atoms with van der Waals surface area (Å²) in [5.74, 6) is 1.03. The number of benzene rings is 1. The van der Waals surface area contributed by atoms with E-state index in [0.717, 1.165) is 29.8 Å². The number of likely N-dealkylation sites (N-methyl/N-ethyl adjacent to an activating group) is 1. The average molecular weight is 325 g/mol. The molecule has 2 aliphatic rings. The van der Waals surface area contributed by atoms with E-state index in [1.54, 1.807) is 0 Å². The van der Waals surface area contributed by atoms with Crippen molar-refractivity contribution in [3.63, 3.8) is 0 Å². The van der Waals surface area contributed by atoms with Gasteiger partial charge in [-0.15, -0.1) is 0 Å². The Morgan fingerprint density at radius 1 is 1.42 bits per heavy atom. The third-order valence-corrected chi connectivity index (χ3v) is 4.78. The second kappa shape index (κ2) is 5.81. The normalized spacial score (nSPS) is 27.1. The minimum atomic E-state index is 0.426. The SMILES string of the molecule is CN1CCCC1CNC1CCOc2ccc(Br)cc21. The van der Waals surface area contributed by atoms with E-state index in [2.05, 4.69) is 45.3 Å². The minimum absolute atomic E-state index is 0.426. The molecule has 1 saturated heterocycles. The van der Waals surface area contributed by atoms with Crippen molar-refractivity contribution in [3.8, 4) is 5.75 Å². The van der Waals surface area contributed by atoms with E-state index >= 15 is 0 Å². The summed E-state index contributed by atoms with van der Waals surface area (Å²) in [6.45, 7) is 3.13. The Balaban J connectivity index is 1.67. The minimum Gasteiger partial charge on any atom is -0.493 e. The quantitative estimate of drug-likeness (QED) is 0.925. The van der Waals surface area contributed by atoms with Crippen molar-refractivity contribution in [2.45, 2.75) is 31.3 Å². The Morgan fingerprint density at radius 2 is 2.32 bits per heavy atom. The monoisotopic (exact) mass is 324 g/mol. The molecule has 2 atom stereocenters. The van der Waals surface area contributed by atoms with E-state index in [-0.39, 0.29) is 0 Å². The summed E-state index contributed by atoms with van der Waals surface area (Å²) in [5, 5.41) is 3.73. The number of likely N-dealkylation sites (tertiary alicyclic amines) is 1. The fourth-order valence-corrected chi connectivity index (χ4v) is 3.47. The first-order valence-electron chi connectivity index (χ1n) is 7.10. The van der Waals surface area contributed by atoms with E-state index in [4.69, 9.17) is 4.74 Å². The van der Waals surface area contributed by atoms with Crippen molar-refractivity contribution in [1.29, 1.82) is 0 Å². The lowest BCUT2D eigenvalue weighted by atomic mass is 10.00. The molecule has 0 amide bonds. The molecule has 1 N–H and O–H groups in total. The van der Waals surface area contributed by atoms with Crippen LogP contribution in [-0.4, -0.2) is 37.7 Å². The summed E-state index contributed by atoms with van der Waals surface area (Å²) in [7, 11) is 2.23. The van der Waals surface area contributed by atoms with Crippen LogP contribution in [0.4, 0.5) is 0 Å². The van der Waals surface area contributed by atoms with Gasteiger partial charge in [-0.1, -0.05) is 15.9 Å². The molecule has 104 valence electrons. The lowest BCUT2D eigenvalue weighted by Crippen LogP contribution is -2.38. The lowest BCUT2D eigenvalue weighted by Gasteiger charge is -2.29. The summed E-state index contributed by atoms with van der Waals surface area (Å²) >= 11 is 3.55. The molecular weight excluding hydrogens is 304 g/mol. The zero-order chi connectivity index (χ0) is 13.2. The van der Waals surface area contributed by atoms with Crippen LogP contribution in [0.1, 0.15) is 30.9 Å². The Bertz CT molecular complexity index is 452. The summed E-state index contributed by atoms with van der Waals surface area (Å²) in [5.41, 5.74) is 1.29. The van der Waals surface area contributed by atoms with Crippen LogP contribution in [0.3, 0.4) is 0 Å². The fourth-order valence-electron chi connectivity index (χ4n) is 3.09. The number of halogens is 1. The van der Waals surface area contributed by atoms with Gasteiger partial charge in [0.25, 0.3) is 0 Å². The molecule has 0 spiro atoms. The van der Waals surface area contributed by atoms with Crippen molar-refractivity contribution < 1.29 is 4.74 Å². The number of fused-ring (bicyclic) bond motifs is 1. The van der Waals surface area contributed by atoms with Gasteiger partial charge < -0.3 is 15.0 Å². The summed E-state index contributed by atoms with van der Waals surface area (Å²) in [6.07, 6.45) is 3.71. The van der Waals surface area contributed by atoms with Gasteiger partial charge in [-0.25, -0.2) is 0 Å². The molecule has 1 aromatic carbocycles. The summed E-state index contributed by atoms with van der Waals surface area (Å²) in [6, 6.07) is 7.42. The molecule has 0 aromatic heterocycles. The van der Waals surface area contributed by atoms with Gasteiger partial charge in [0.15, 0.2) is 0 Å².